The van der Waals surface area contributed by atoms with Crippen molar-refractivity contribution in [3.8, 4) is 22.3 Å². The van der Waals surface area contributed by atoms with Crippen LogP contribution in [-0.4, -0.2) is 24.0 Å². The molecular weight excluding hydrogens is 400 g/mol. The number of hydrogen-bond acceptors (Lipinski definition) is 3. The van der Waals surface area contributed by atoms with Gasteiger partial charge in [0, 0.05) is 18.3 Å². The fourth-order valence-corrected chi connectivity index (χ4v) is 4.31. The molecule has 0 bridgehead atoms. The third kappa shape index (κ3) is 3.61. The quantitative estimate of drug-likeness (QED) is 0.464. The van der Waals surface area contributed by atoms with Crippen molar-refractivity contribution in [2.75, 3.05) is 11.9 Å². The minimum atomic E-state index is -0.963. The van der Waals surface area contributed by atoms with Gasteiger partial charge in [-0.1, -0.05) is 43.0 Å². The van der Waals surface area contributed by atoms with Crippen LogP contribution in [0, 0.1) is 0 Å². The van der Waals surface area contributed by atoms with Crippen LogP contribution < -0.4 is 10.6 Å². The van der Waals surface area contributed by atoms with Gasteiger partial charge in [0.05, 0.1) is 5.60 Å². The van der Waals surface area contributed by atoms with Gasteiger partial charge in [0.2, 0.25) is 11.8 Å². The molecule has 162 valence electrons. The van der Waals surface area contributed by atoms with E-state index < -0.39 is 11.5 Å². The van der Waals surface area contributed by atoms with E-state index >= 15 is 0 Å². The molecule has 0 spiro atoms. The van der Waals surface area contributed by atoms with Crippen molar-refractivity contribution in [3.63, 3.8) is 0 Å². The Hall–Kier alpha value is -3.70. The summed E-state index contributed by atoms with van der Waals surface area (Å²) in [4.78, 5) is 25.8. The first-order chi connectivity index (χ1) is 15.1. The number of hydrogen-bond donors (Lipinski definition) is 2. The summed E-state index contributed by atoms with van der Waals surface area (Å²) in [7, 11) is 1.71. The second kappa shape index (κ2) is 7.77. The molecule has 5 heteroatoms. The number of amides is 2. The lowest BCUT2D eigenvalue weighted by Crippen LogP contribution is -2.23. The summed E-state index contributed by atoms with van der Waals surface area (Å²) < 4.78 is 0. The van der Waals surface area contributed by atoms with Gasteiger partial charge in [0.25, 0.3) is 0 Å². The van der Waals surface area contributed by atoms with Crippen molar-refractivity contribution in [1.29, 1.82) is 0 Å². The van der Waals surface area contributed by atoms with E-state index in [1.54, 1.807) is 27.0 Å². The molecule has 0 radical (unpaired) electrons. The molecule has 0 aromatic heterocycles. The third-order valence-corrected chi connectivity index (χ3v) is 6.08. The second-order valence-corrected chi connectivity index (χ2v) is 8.64. The van der Waals surface area contributed by atoms with Gasteiger partial charge < -0.3 is 15.7 Å². The maximum absolute atomic E-state index is 12.2. The third-order valence-electron chi connectivity index (χ3n) is 6.08. The Morgan fingerprint density at radius 3 is 2.47 bits per heavy atom. The number of aliphatic hydroxyl groups is 1. The zero-order chi connectivity index (χ0) is 23.2. The van der Waals surface area contributed by atoms with E-state index in [0.29, 0.717) is 12.0 Å². The Bertz CT molecular complexity index is 1270. The molecule has 32 heavy (non-hydrogen) atoms. The van der Waals surface area contributed by atoms with Crippen LogP contribution in [0.3, 0.4) is 0 Å². The average Bonchev–Trinajstić information content (AvgIpc) is 3.15. The van der Waals surface area contributed by atoms with Crippen molar-refractivity contribution >= 4 is 17.5 Å². The highest BCUT2D eigenvalue weighted by Gasteiger charge is 2.28. The fourth-order valence-electron chi connectivity index (χ4n) is 4.31. The summed E-state index contributed by atoms with van der Waals surface area (Å²) in [5.41, 5.74) is 12.6. The maximum Gasteiger partial charge on any atom is 0.250 e. The first-order valence-electron chi connectivity index (χ1n) is 10.4. The molecule has 3 aromatic rings. The predicted molar refractivity (Wildman–Crippen MR) is 127 cm³/mol. The van der Waals surface area contributed by atoms with Crippen LogP contribution in [-0.2, 0) is 16.8 Å². The average molecular weight is 427 g/mol. The number of nitrogens with zero attached hydrogens (tertiary/aromatic N) is 1. The molecule has 0 aliphatic heterocycles. The topological polar surface area (TPSA) is 83.6 Å². The highest BCUT2D eigenvalue weighted by molar-refractivity contribution is 6.03. The van der Waals surface area contributed by atoms with Crippen LogP contribution in [0.15, 0.2) is 67.3 Å². The number of likely N-dealkylation sites (N-methyl/N-ethyl adjacent to an activating group) is 1. The molecule has 3 aromatic carbocycles. The molecule has 5 nitrogen and oxygen atoms in total. The van der Waals surface area contributed by atoms with E-state index in [1.165, 1.54) is 11.0 Å². The zero-order valence-corrected chi connectivity index (χ0v) is 18.5. The Morgan fingerprint density at radius 2 is 1.81 bits per heavy atom. The lowest BCUT2D eigenvalue weighted by Gasteiger charge is -2.19. The van der Waals surface area contributed by atoms with E-state index in [0.717, 1.165) is 44.6 Å². The number of fused-ring (bicyclic) bond motifs is 3. The number of primary amides is 1. The Kier molecular flexibility index (Phi) is 5.23. The van der Waals surface area contributed by atoms with Crippen molar-refractivity contribution in [1.82, 2.24) is 0 Å². The smallest absolute Gasteiger partial charge is 0.250 e. The van der Waals surface area contributed by atoms with Crippen LogP contribution in [0.1, 0.15) is 40.9 Å². The summed E-state index contributed by atoms with van der Waals surface area (Å²) in [6.45, 7) is 7.06. The van der Waals surface area contributed by atoms with Gasteiger partial charge in [-0.15, -0.1) is 0 Å². The maximum atomic E-state index is 12.2. The molecule has 1 aliphatic carbocycles. The van der Waals surface area contributed by atoms with E-state index in [2.05, 4.69) is 6.58 Å². The number of anilines is 1. The molecule has 2 amide bonds. The van der Waals surface area contributed by atoms with Gasteiger partial charge in [-0.25, -0.2) is 0 Å². The zero-order valence-electron chi connectivity index (χ0n) is 18.5. The van der Waals surface area contributed by atoms with E-state index in [9.17, 15) is 14.7 Å². The number of nitrogens with two attached hydrogens (primary N) is 1. The number of carbonyl (C=O) groups excluding carboxylic acids is 2. The summed E-state index contributed by atoms with van der Waals surface area (Å²) in [5, 5.41) is 10.4. The molecule has 0 atom stereocenters. The normalized spacial score (nSPS) is 12.1. The summed E-state index contributed by atoms with van der Waals surface area (Å²) in [6, 6.07) is 17.3. The van der Waals surface area contributed by atoms with E-state index in [1.807, 2.05) is 48.5 Å². The summed E-state index contributed by atoms with van der Waals surface area (Å²) >= 11 is 0. The minimum absolute atomic E-state index is 0.194. The van der Waals surface area contributed by atoms with E-state index in [-0.39, 0.29) is 5.91 Å². The highest BCUT2D eigenvalue weighted by atomic mass is 16.3. The molecule has 0 saturated heterocycles. The van der Waals surface area contributed by atoms with Gasteiger partial charge in [0.1, 0.15) is 0 Å². The lowest BCUT2D eigenvalue weighted by atomic mass is 9.90. The molecule has 1 aliphatic rings. The van der Waals surface area contributed by atoms with Crippen molar-refractivity contribution in [2.24, 2.45) is 5.73 Å². The predicted octanol–water partition coefficient (Wildman–Crippen LogP) is 4.40. The molecule has 0 heterocycles. The monoisotopic (exact) mass is 426 g/mol. The Labute approximate surface area is 187 Å². The number of benzene rings is 3. The largest absolute Gasteiger partial charge is 0.386 e. The Balaban J connectivity index is 1.91. The van der Waals surface area contributed by atoms with Gasteiger partial charge in [-0.2, -0.15) is 0 Å². The van der Waals surface area contributed by atoms with Gasteiger partial charge in [0.15, 0.2) is 0 Å². The van der Waals surface area contributed by atoms with Crippen LogP contribution in [0.5, 0.6) is 0 Å². The van der Waals surface area contributed by atoms with Crippen LogP contribution in [0.25, 0.3) is 22.3 Å². The van der Waals surface area contributed by atoms with Crippen LogP contribution in [0.4, 0.5) is 5.69 Å². The van der Waals surface area contributed by atoms with Gasteiger partial charge in [-0.3, -0.25) is 9.59 Å². The van der Waals surface area contributed by atoms with Crippen molar-refractivity contribution < 1.29 is 14.7 Å². The molecule has 0 unspecified atom stereocenters. The molecule has 4 rings (SSSR count). The summed E-state index contributed by atoms with van der Waals surface area (Å²) in [6.07, 6.45) is 1.84. The molecule has 3 N–H and O–H groups in total. The van der Waals surface area contributed by atoms with Crippen LogP contribution in [0.2, 0.25) is 0 Å². The SMILES string of the molecule is C=CC(=O)N(C)c1cccc(-c2ccc(C(N)=O)c3c2-c2ccc(C(C)(C)O)cc2C3)c1. The molecule has 0 fully saturated rings. The van der Waals surface area contributed by atoms with Gasteiger partial charge >= 0.3 is 0 Å². The van der Waals surface area contributed by atoms with Crippen LogP contribution >= 0.6 is 0 Å². The van der Waals surface area contributed by atoms with Gasteiger partial charge in [-0.05, 0) is 83.5 Å². The summed E-state index contributed by atoms with van der Waals surface area (Å²) in [5.74, 6) is -0.658. The number of carbonyl (C=O) groups is 2. The first kappa shape index (κ1) is 21.5. The van der Waals surface area contributed by atoms with Crippen molar-refractivity contribution in [3.05, 3.63) is 89.5 Å². The lowest BCUT2D eigenvalue weighted by molar-refractivity contribution is -0.113. The fraction of sp³-hybridized carbons (Fsp3) is 0.185. The molecular formula is C27H26N2O3. The number of rotatable bonds is 5. The van der Waals surface area contributed by atoms with E-state index in [4.69, 9.17) is 5.73 Å². The standard InChI is InChI=1S/C27H26N2O3/c1-5-24(30)29(4)19-8-6-7-16(14-19)20-11-12-22(26(28)31)23-15-17-13-18(27(2,3)32)9-10-21(17)25(20)23/h5-14,32H,1,15H2,2-4H3,(H2,28,31). The first-order valence-corrected chi connectivity index (χ1v) is 10.4. The second-order valence-electron chi connectivity index (χ2n) is 8.64. The van der Waals surface area contributed by atoms with Crippen molar-refractivity contribution in [2.45, 2.75) is 25.9 Å². The molecule has 0 saturated carbocycles. The highest BCUT2D eigenvalue weighted by Crippen LogP contribution is 2.45. The Morgan fingerprint density at radius 1 is 1.09 bits per heavy atom. The minimum Gasteiger partial charge on any atom is -0.386 e.